The number of ether oxygens (including phenoxy) is 1. The van der Waals surface area contributed by atoms with Gasteiger partial charge in [-0.05, 0) is 35.9 Å². The van der Waals surface area contributed by atoms with E-state index in [0.29, 0.717) is 11.3 Å². The zero-order valence-electron chi connectivity index (χ0n) is 16.9. The van der Waals surface area contributed by atoms with Crippen molar-refractivity contribution < 1.29 is 19.2 Å². The van der Waals surface area contributed by atoms with Crippen molar-refractivity contribution in [2.24, 2.45) is 0 Å². The van der Waals surface area contributed by atoms with Gasteiger partial charge in [0.15, 0.2) is 5.78 Å². The standard InChI is InChI=1S/C24H21NO5S/c1-30-23(26)15-19(17-7-3-2-4-8-17)16-31-20-13-11-18(12-14-20)24(27)21-9-5-6-10-22(21)25(28)29/h2-14,19H,15-16H2,1H3. The monoisotopic (exact) mass is 435 g/mol. The molecule has 7 heteroatoms. The van der Waals surface area contributed by atoms with Gasteiger partial charge in [0.2, 0.25) is 0 Å². The summed E-state index contributed by atoms with van der Waals surface area (Å²) in [5.41, 5.74) is 1.30. The molecule has 31 heavy (non-hydrogen) atoms. The SMILES string of the molecule is COC(=O)CC(CSc1ccc(C(=O)c2ccccc2[N+](=O)[O-])cc1)c1ccccc1. The molecule has 0 aliphatic carbocycles. The molecule has 0 radical (unpaired) electrons. The van der Waals surface area contributed by atoms with Crippen LogP contribution in [0.25, 0.3) is 0 Å². The zero-order valence-corrected chi connectivity index (χ0v) is 17.7. The van der Waals surface area contributed by atoms with Gasteiger partial charge < -0.3 is 4.74 Å². The van der Waals surface area contributed by atoms with Crippen molar-refractivity contribution in [3.8, 4) is 0 Å². The van der Waals surface area contributed by atoms with Gasteiger partial charge in [-0.25, -0.2) is 0 Å². The van der Waals surface area contributed by atoms with Gasteiger partial charge in [-0.15, -0.1) is 11.8 Å². The molecule has 1 unspecified atom stereocenters. The van der Waals surface area contributed by atoms with Crippen LogP contribution < -0.4 is 0 Å². The van der Waals surface area contributed by atoms with Crippen LogP contribution in [0.4, 0.5) is 5.69 Å². The van der Waals surface area contributed by atoms with E-state index in [0.717, 1.165) is 10.5 Å². The highest BCUT2D eigenvalue weighted by Gasteiger charge is 2.21. The Bertz CT molecular complexity index is 1070. The maximum atomic E-state index is 12.7. The number of benzene rings is 3. The lowest BCUT2D eigenvalue weighted by Crippen LogP contribution is -2.11. The summed E-state index contributed by atoms with van der Waals surface area (Å²) in [5.74, 6) is -0.000184. The third-order valence-electron chi connectivity index (χ3n) is 4.82. The van der Waals surface area contributed by atoms with Crippen LogP contribution in [-0.4, -0.2) is 29.5 Å². The van der Waals surface area contributed by atoms with Crippen molar-refractivity contribution in [2.75, 3.05) is 12.9 Å². The number of para-hydroxylation sites is 1. The molecule has 0 amide bonds. The molecule has 0 aromatic heterocycles. The summed E-state index contributed by atoms with van der Waals surface area (Å²) in [6, 6.07) is 22.7. The second kappa shape index (κ2) is 10.5. The molecule has 0 aliphatic heterocycles. The lowest BCUT2D eigenvalue weighted by atomic mass is 9.98. The smallest absolute Gasteiger partial charge is 0.306 e. The van der Waals surface area contributed by atoms with Gasteiger partial charge in [-0.2, -0.15) is 0 Å². The van der Waals surface area contributed by atoms with Crippen LogP contribution in [-0.2, 0) is 9.53 Å². The molecule has 3 rings (SSSR count). The molecular weight excluding hydrogens is 414 g/mol. The van der Waals surface area contributed by atoms with E-state index in [4.69, 9.17) is 4.74 Å². The summed E-state index contributed by atoms with van der Waals surface area (Å²) >= 11 is 1.57. The zero-order chi connectivity index (χ0) is 22.2. The van der Waals surface area contributed by atoms with Crippen molar-refractivity contribution in [1.29, 1.82) is 0 Å². The van der Waals surface area contributed by atoms with Crippen LogP contribution in [0, 0.1) is 10.1 Å². The Morgan fingerprint density at radius 3 is 2.26 bits per heavy atom. The Morgan fingerprint density at radius 1 is 0.968 bits per heavy atom. The fourth-order valence-electron chi connectivity index (χ4n) is 3.16. The summed E-state index contributed by atoms with van der Waals surface area (Å²) in [6.07, 6.45) is 0.280. The minimum atomic E-state index is -0.553. The van der Waals surface area contributed by atoms with Gasteiger partial charge in [-0.3, -0.25) is 19.7 Å². The number of methoxy groups -OCH3 is 1. The molecule has 0 aliphatic rings. The van der Waals surface area contributed by atoms with Gasteiger partial charge in [-0.1, -0.05) is 42.5 Å². The second-order valence-corrected chi connectivity index (χ2v) is 7.92. The summed E-state index contributed by atoms with van der Waals surface area (Å²) < 4.78 is 4.83. The predicted octanol–water partition coefficient (Wildman–Crippen LogP) is 5.26. The number of esters is 1. The highest BCUT2D eigenvalue weighted by Crippen LogP contribution is 2.30. The van der Waals surface area contributed by atoms with E-state index in [-0.39, 0.29) is 29.6 Å². The number of hydrogen-bond donors (Lipinski definition) is 0. The summed E-state index contributed by atoms with van der Waals surface area (Å²) in [6.45, 7) is 0. The normalized spacial score (nSPS) is 11.5. The number of nitrogens with zero attached hydrogens (tertiary/aromatic N) is 1. The molecule has 0 saturated carbocycles. The van der Waals surface area contributed by atoms with Crippen molar-refractivity contribution in [3.05, 3.63) is 106 Å². The Balaban J connectivity index is 1.72. The van der Waals surface area contributed by atoms with Crippen LogP contribution in [0.1, 0.15) is 33.8 Å². The van der Waals surface area contributed by atoms with Gasteiger partial charge in [0.1, 0.15) is 5.56 Å². The van der Waals surface area contributed by atoms with Gasteiger partial charge in [0.05, 0.1) is 18.5 Å². The molecule has 3 aromatic rings. The third kappa shape index (κ3) is 5.79. The maximum Gasteiger partial charge on any atom is 0.306 e. The lowest BCUT2D eigenvalue weighted by molar-refractivity contribution is -0.385. The molecular formula is C24H21NO5S. The maximum absolute atomic E-state index is 12.7. The van der Waals surface area contributed by atoms with Gasteiger partial charge >= 0.3 is 5.97 Å². The molecule has 6 nitrogen and oxygen atoms in total. The first-order chi connectivity index (χ1) is 15.0. The van der Waals surface area contributed by atoms with E-state index >= 15 is 0 Å². The first-order valence-corrected chi connectivity index (χ1v) is 10.6. The largest absolute Gasteiger partial charge is 0.469 e. The van der Waals surface area contributed by atoms with Crippen molar-refractivity contribution in [3.63, 3.8) is 0 Å². The first-order valence-electron chi connectivity index (χ1n) is 9.62. The van der Waals surface area contributed by atoms with Crippen LogP contribution in [0.3, 0.4) is 0 Å². The quantitative estimate of drug-likeness (QED) is 0.150. The highest BCUT2D eigenvalue weighted by molar-refractivity contribution is 7.99. The molecule has 0 saturated heterocycles. The molecule has 1 atom stereocenters. The minimum absolute atomic E-state index is 0.00748. The Hall–Kier alpha value is -3.45. The van der Waals surface area contributed by atoms with E-state index in [1.54, 1.807) is 30.0 Å². The Morgan fingerprint density at radius 2 is 1.61 bits per heavy atom. The van der Waals surface area contributed by atoms with E-state index in [1.807, 2.05) is 42.5 Å². The summed E-state index contributed by atoms with van der Waals surface area (Å²) in [5, 5.41) is 11.2. The fourth-order valence-corrected chi connectivity index (χ4v) is 4.19. The number of carbonyl (C=O) groups is 2. The van der Waals surface area contributed by atoms with E-state index in [1.165, 1.54) is 25.3 Å². The number of nitro groups is 1. The molecule has 3 aromatic carbocycles. The van der Waals surface area contributed by atoms with Crippen LogP contribution in [0.15, 0.2) is 83.8 Å². The highest BCUT2D eigenvalue weighted by atomic mass is 32.2. The summed E-state index contributed by atoms with van der Waals surface area (Å²) in [4.78, 5) is 36.1. The molecule has 0 fully saturated rings. The third-order valence-corrected chi connectivity index (χ3v) is 6.00. The van der Waals surface area contributed by atoms with Gasteiger partial charge in [0.25, 0.3) is 5.69 Å². The van der Waals surface area contributed by atoms with Crippen LogP contribution >= 0.6 is 11.8 Å². The first kappa shape index (κ1) is 22.2. The number of rotatable bonds is 9. The van der Waals surface area contributed by atoms with Gasteiger partial charge in [0, 0.05) is 28.2 Å². The van der Waals surface area contributed by atoms with Crippen molar-refractivity contribution in [2.45, 2.75) is 17.2 Å². The average molecular weight is 436 g/mol. The molecule has 0 heterocycles. The molecule has 0 spiro atoms. The molecule has 0 N–H and O–H groups in total. The average Bonchev–Trinajstić information content (AvgIpc) is 2.82. The molecule has 0 bridgehead atoms. The van der Waals surface area contributed by atoms with Crippen LogP contribution in [0.5, 0.6) is 0 Å². The number of thioether (sulfide) groups is 1. The number of hydrogen-bond acceptors (Lipinski definition) is 6. The minimum Gasteiger partial charge on any atom is -0.469 e. The Labute approximate surface area is 184 Å². The van der Waals surface area contributed by atoms with E-state index < -0.39 is 10.7 Å². The number of nitro benzene ring substituents is 1. The predicted molar refractivity (Wildman–Crippen MR) is 120 cm³/mol. The fraction of sp³-hybridized carbons (Fsp3) is 0.167. The number of carbonyl (C=O) groups excluding carboxylic acids is 2. The molecule has 158 valence electrons. The Kier molecular flexibility index (Phi) is 7.56. The lowest BCUT2D eigenvalue weighted by Gasteiger charge is -2.16. The van der Waals surface area contributed by atoms with Crippen molar-refractivity contribution in [1.82, 2.24) is 0 Å². The summed E-state index contributed by atoms with van der Waals surface area (Å²) in [7, 11) is 1.38. The van der Waals surface area contributed by atoms with E-state index in [2.05, 4.69) is 0 Å². The topological polar surface area (TPSA) is 86.5 Å². The van der Waals surface area contributed by atoms with Crippen molar-refractivity contribution >= 4 is 29.2 Å². The van der Waals surface area contributed by atoms with Crippen LogP contribution in [0.2, 0.25) is 0 Å². The van der Waals surface area contributed by atoms with E-state index in [9.17, 15) is 19.7 Å². The second-order valence-electron chi connectivity index (χ2n) is 6.83. The number of ketones is 1.